The second kappa shape index (κ2) is 6.34. The smallest absolute Gasteiger partial charge is 0.259 e. The van der Waals surface area contributed by atoms with E-state index in [0.29, 0.717) is 31.9 Å². The second-order valence-electron chi connectivity index (χ2n) is 8.31. The lowest BCUT2D eigenvalue weighted by atomic mass is 9.70. The van der Waals surface area contributed by atoms with E-state index in [9.17, 15) is 9.59 Å². The average molecular weight is 385 g/mol. The summed E-state index contributed by atoms with van der Waals surface area (Å²) >= 11 is 0. The molecule has 0 aliphatic carbocycles. The van der Waals surface area contributed by atoms with Crippen molar-refractivity contribution < 1.29 is 14.3 Å². The number of aryl methyl sites for hydroxylation is 1. The van der Waals surface area contributed by atoms with Crippen LogP contribution in [-0.2, 0) is 16.6 Å². The average Bonchev–Trinajstić information content (AvgIpc) is 3.48. The molecule has 0 unspecified atom stereocenters. The topological polar surface area (TPSA) is 72.1 Å². The molecule has 28 heavy (non-hydrogen) atoms. The van der Waals surface area contributed by atoms with Crippen LogP contribution in [-0.4, -0.2) is 74.2 Å². The first kappa shape index (κ1) is 17.7. The Balaban J connectivity index is 1.48. The summed E-state index contributed by atoms with van der Waals surface area (Å²) in [7, 11) is 1.92. The van der Waals surface area contributed by atoms with E-state index in [4.69, 9.17) is 4.74 Å². The zero-order valence-electron chi connectivity index (χ0n) is 16.5. The van der Waals surface area contributed by atoms with Crippen molar-refractivity contribution in [2.75, 3.05) is 26.3 Å². The molecule has 2 bridgehead atoms. The highest BCUT2D eigenvalue weighted by atomic mass is 16.5. The van der Waals surface area contributed by atoms with Crippen molar-refractivity contribution in [3.05, 3.63) is 24.2 Å². The van der Waals surface area contributed by atoms with Gasteiger partial charge in [-0.25, -0.2) is 4.52 Å². The molecule has 150 valence electrons. The van der Waals surface area contributed by atoms with Crippen LogP contribution in [0.2, 0.25) is 0 Å². The fourth-order valence-corrected chi connectivity index (χ4v) is 5.67. The number of morpholine rings is 1. The second-order valence-corrected chi connectivity index (χ2v) is 8.31. The van der Waals surface area contributed by atoms with Crippen LogP contribution < -0.4 is 0 Å². The van der Waals surface area contributed by atoms with E-state index in [1.165, 1.54) is 0 Å². The van der Waals surface area contributed by atoms with Gasteiger partial charge in [-0.3, -0.25) is 9.59 Å². The molecule has 0 aromatic carbocycles. The van der Waals surface area contributed by atoms with Crippen LogP contribution >= 0.6 is 0 Å². The lowest BCUT2D eigenvalue weighted by molar-refractivity contribution is -0.148. The zero-order chi connectivity index (χ0) is 19.5. The summed E-state index contributed by atoms with van der Waals surface area (Å²) < 4.78 is 9.08. The van der Waals surface area contributed by atoms with Gasteiger partial charge in [0, 0.05) is 44.6 Å². The van der Waals surface area contributed by atoms with Gasteiger partial charge in [-0.15, -0.1) is 0 Å². The van der Waals surface area contributed by atoms with Gasteiger partial charge in [-0.2, -0.15) is 5.10 Å². The summed E-state index contributed by atoms with van der Waals surface area (Å²) in [5.41, 5.74) is 0.962. The molecule has 8 nitrogen and oxygen atoms in total. The van der Waals surface area contributed by atoms with E-state index in [2.05, 4.69) is 12.0 Å². The molecule has 3 aliphatic rings. The van der Waals surface area contributed by atoms with Crippen LogP contribution in [0.15, 0.2) is 18.6 Å². The number of hydrogen-bond donors (Lipinski definition) is 0. The fraction of sp³-hybridized carbons (Fsp3) is 0.650. The molecule has 2 aromatic heterocycles. The number of rotatable bonds is 3. The van der Waals surface area contributed by atoms with Crippen LogP contribution in [0.3, 0.4) is 0 Å². The lowest BCUT2D eigenvalue weighted by Gasteiger charge is -2.40. The van der Waals surface area contributed by atoms with Crippen molar-refractivity contribution in [2.45, 2.75) is 44.7 Å². The molecule has 3 fully saturated rings. The molecule has 0 spiro atoms. The summed E-state index contributed by atoms with van der Waals surface area (Å²) in [5, 5.41) is 4.33. The van der Waals surface area contributed by atoms with Gasteiger partial charge in [-0.05, 0) is 25.7 Å². The molecule has 0 saturated carbocycles. The summed E-state index contributed by atoms with van der Waals surface area (Å²) in [6.07, 6.45) is 8.82. The molecule has 2 aromatic rings. The number of amides is 2. The van der Waals surface area contributed by atoms with E-state index < -0.39 is 5.41 Å². The Morgan fingerprint density at radius 1 is 1.25 bits per heavy atom. The first-order valence-electron chi connectivity index (χ1n) is 10.3. The SMILES string of the molecule is CC[C@]1(C(=O)N2CCOCC2)C[C@H]2CC[C@@H]1N2C(=O)c1cnn2ccn(C)c12. The predicted molar refractivity (Wildman–Crippen MR) is 102 cm³/mol. The van der Waals surface area contributed by atoms with Gasteiger partial charge in [0.2, 0.25) is 5.91 Å². The van der Waals surface area contributed by atoms with E-state index in [-0.39, 0.29) is 23.9 Å². The Morgan fingerprint density at radius 3 is 2.79 bits per heavy atom. The molecular formula is C20H27N5O3. The first-order chi connectivity index (χ1) is 13.6. The van der Waals surface area contributed by atoms with Crippen LogP contribution in [0.4, 0.5) is 0 Å². The Morgan fingerprint density at radius 2 is 2.04 bits per heavy atom. The molecule has 3 saturated heterocycles. The molecular weight excluding hydrogens is 358 g/mol. The first-order valence-corrected chi connectivity index (χ1v) is 10.3. The molecule has 3 aliphatic heterocycles. The number of nitrogens with zero attached hydrogens (tertiary/aromatic N) is 5. The number of carbonyl (C=O) groups is 2. The summed E-state index contributed by atoms with van der Waals surface area (Å²) in [5.74, 6) is 0.219. The highest BCUT2D eigenvalue weighted by Crippen LogP contribution is 2.53. The number of aromatic nitrogens is 3. The minimum atomic E-state index is -0.462. The van der Waals surface area contributed by atoms with E-state index in [1.54, 1.807) is 10.7 Å². The fourth-order valence-electron chi connectivity index (χ4n) is 5.67. The molecule has 0 radical (unpaired) electrons. The molecule has 8 heteroatoms. The van der Waals surface area contributed by atoms with Crippen LogP contribution in [0.5, 0.6) is 0 Å². The van der Waals surface area contributed by atoms with Crippen molar-refractivity contribution in [3.8, 4) is 0 Å². The van der Waals surface area contributed by atoms with Crippen molar-refractivity contribution in [1.29, 1.82) is 0 Å². The van der Waals surface area contributed by atoms with Gasteiger partial charge >= 0.3 is 0 Å². The highest BCUT2D eigenvalue weighted by Gasteiger charge is 2.61. The van der Waals surface area contributed by atoms with Crippen molar-refractivity contribution in [2.24, 2.45) is 12.5 Å². The van der Waals surface area contributed by atoms with Crippen molar-refractivity contribution >= 4 is 17.5 Å². The maximum absolute atomic E-state index is 13.5. The van der Waals surface area contributed by atoms with Gasteiger partial charge in [0.25, 0.3) is 5.91 Å². The van der Waals surface area contributed by atoms with E-state index in [0.717, 1.165) is 31.3 Å². The number of carbonyl (C=O) groups excluding carboxylic acids is 2. The monoisotopic (exact) mass is 385 g/mol. The Labute approximate surface area is 164 Å². The van der Waals surface area contributed by atoms with Gasteiger partial charge in [-0.1, -0.05) is 6.92 Å². The van der Waals surface area contributed by atoms with E-state index >= 15 is 0 Å². The Kier molecular flexibility index (Phi) is 4.01. The van der Waals surface area contributed by atoms with Crippen molar-refractivity contribution in [1.82, 2.24) is 24.0 Å². The molecule has 3 atom stereocenters. The van der Waals surface area contributed by atoms with Crippen LogP contribution in [0.25, 0.3) is 5.65 Å². The Hall–Kier alpha value is -2.35. The lowest BCUT2D eigenvalue weighted by Crippen LogP contribution is -2.53. The summed E-state index contributed by atoms with van der Waals surface area (Å²) in [6.45, 7) is 4.60. The van der Waals surface area contributed by atoms with Gasteiger partial charge in [0.15, 0.2) is 0 Å². The normalized spacial score (nSPS) is 29.8. The molecule has 0 N–H and O–H groups in total. The van der Waals surface area contributed by atoms with Crippen LogP contribution in [0.1, 0.15) is 43.0 Å². The predicted octanol–water partition coefficient (Wildman–Crippen LogP) is 1.30. The van der Waals surface area contributed by atoms with Gasteiger partial charge in [0.1, 0.15) is 11.2 Å². The molecule has 5 heterocycles. The minimum Gasteiger partial charge on any atom is -0.378 e. The minimum absolute atomic E-state index is 0.00871. The third kappa shape index (κ3) is 2.30. The van der Waals surface area contributed by atoms with Crippen LogP contribution in [0, 0.1) is 5.41 Å². The quantitative estimate of drug-likeness (QED) is 0.799. The maximum Gasteiger partial charge on any atom is 0.259 e. The number of ether oxygens (including phenoxy) is 1. The molecule has 5 rings (SSSR count). The maximum atomic E-state index is 13.5. The number of hydrogen-bond acceptors (Lipinski definition) is 4. The number of imidazole rings is 1. The summed E-state index contributed by atoms with van der Waals surface area (Å²) in [4.78, 5) is 31.0. The molecule has 2 amide bonds. The van der Waals surface area contributed by atoms with Gasteiger partial charge in [0.05, 0.1) is 24.8 Å². The zero-order valence-corrected chi connectivity index (χ0v) is 16.5. The largest absolute Gasteiger partial charge is 0.378 e. The highest BCUT2D eigenvalue weighted by molar-refractivity contribution is 6.01. The third-order valence-corrected chi connectivity index (χ3v) is 7.09. The third-order valence-electron chi connectivity index (χ3n) is 7.09. The van der Waals surface area contributed by atoms with Crippen molar-refractivity contribution in [3.63, 3.8) is 0 Å². The standard InChI is InChI=1S/C20H27N5O3/c1-3-20(19(27)23-8-10-28-11-9-23)12-14-4-5-16(20)25(14)18(26)15-13-21-24-7-6-22(2)17(15)24/h6-7,13-14,16H,3-5,8-12H2,1-2H3/t14-,16+,20+/m1/s1. The van der Waals surface area contributed by atoms with E-state index in [1.807, 2.05) is 33.8 Å². The Bertz CT molecular complexity index is 928. The van der Waals surface area contributed by atoms with Gasteiger partial charge < -0.3 is 19.1 Å². The number of fused-ring (bicyclic) bond motifs is 3. The summed E-state index contributed by atoms with van der Waals surface area (Å²) in [6, 6.07) is 0.109.